The summed E-state index contributed by atoms with van der Waals surface area (Å²) in [4.78, 5) is 24.8. The first-order valence-electron chi connectivity index (χ1n) is 8.51. The summed E-state index contributed by atoms with van der Waals surface area (Å²) in [7, 11) is 0. The molecule has 0 atom stereocenters. The molecule has 0 bridgehead atoms. The Balaban J connectivity index is 1.86. The highest BCUT2D eigenvalue weighted by atomic mass is 32.1. The second-order valence-electron chi connectivity index (χ2n) is 6.30. The van der Waals surface area contributed by atoms with Gasteiger partial charge in [-0.15, -0.1) is 11.3 Å². The van der Waals surface area contributed by atoms with Crippen LogP contribution in [0.4, 0.5) is 22.5 Å². The van der Waals surface area contributed by atoms with Gasteiger partial charge >= 0.3 is 5.69 Å². The van der Waals surface area contributed by atoms with Crippen LogP contribution in [0.2, 0.25) is 0 Å². The Labute approximate surface area is 150 Å². The van der Waals surface area contributed by atoms with Crippen LogP contribution in [0.1, 0.15) is 49.1 Å². The minimum atomic E-state index is -0.436. The van der Waals surface area contributed by atoms with Crippen LogP contribution in [0.25, 0.3) is 0 Å². The molecule has 2 aromatic heterocycles. The molecule has 0 saturated heterocycles. The third-order valence-corrected chi connectivity index (χ3v) is 5.44. The topological polar surface area (TPSA) is 106 Å². The second-order valence-corrected chi connectivity index (χ2v) is 7.50. The van der Waals surface area contributed by atoms with E-state index < -0.39 is 4.92 Å². The fourth-order valence-electron chi connectivity index (χ4n) is 2.99. The zero-order chi connectivity index (χ0) is 17.8. The fourth-order valence-corrected chi connectivity index (χ4v) is 3.81. The Morgan fingerprint density at radius 2 is 1.84 bits per heavy atom. The summed E-state index contributed by atoms with van der Waals surface area (Å²) in [5, 5.41) is 18.5. The van der Waals surface area contributed by atoms with Gasteiger partial charge in [0, 0.05) is 10.9 Å². The smallest absolute Gasteiger partial charge is 0.353 e. The molecular weight excluding hydrogens is 340 g/mol. The summed E-state index contributed by atoms with van der Waals surface area (Å²) >= 11 is 1.45. The average Bonchev–Trinajstić information content (AvgIpc) is 2.76. The number of hydrogen-bond donors (Lipinski definition) is 2. The quantitative estimate of drug-likeness (QED) is 0.463. The van der Waals surface area contributed by atoms with Gasteiger partial charge in [0.2, 0.25) is 11.6 Å². The molecule has 0 radical (unpaired) electrons. The summed E-state index contributed by atoms with van der Waals surface area (Å²) in [6.07, 6.45) is 8.09. The van der Waals surface area contributed by atoms with E-state index in [1.807, 2.05) is 13.8 Å². The van der Waals surface area contributed by atoms with Crippen molar-refractivity contribution in [3.63, 3.8) is 0 Å². The van der Waals surface area contributed by atoms with Crippen molar-refractivity contribution in [3.05, 3.63) is 27.0 Å². The number of nitrogens with one attached hydrogen (secondary N) is 2. The lowest BCUT2D eigenvalue weighted by Gasteiger charge is -2.17. The predicted octanol–water partition coefficient (Wildman–Crippen LogP) is 4.34. The Morgan fingerprint density at radius 1 is 1.16 bits per heavy atom. The maximum atomic E-state index is 11.6. The van der Waals surface area contributed by atoms with Gasteiger partial charge in [0.15, 0.2) is 5.13 Å². The lowest BCUT2D eigenvalue weighted by Crippen LogP contribution is -2.20. The zero-order valence-corrected chi connectivity index (χ0v) is 15.2. The fraction of sp³-hybridized carbons (Fsp3) is 0.562. The number of anilines is 3. The highest BCUT2D eigenvalue weighted by molar-refractivity contribution is 7.15. The number of hydrogen-bond acceptors (Lipinski definition) is 8. The van der Waals surface area contributed by atoms with Crippen LogP contribution in [0.15, 0.2) is 6.33 Å². The van der Waals surface area contributed by atoms with Gasteiger partial charge in [-0.2, -0.15) is 0 Å². The molecule has 1 aliphatic rings. The summed E-state index contributed by atoms with van der Waals surface area (Å²) in [6.45, 7) is 3.87. The first-order chi connectivity index (χ1) is 12.0. The van der Waals surface area contributed by atoms with Gasteiger partial charge in [-0.25, -0.2) is 15.0 Å². The van der Waals surface area contributed by atoms with Gasteiger partial charge in [-0.3, -0.25) is 10.1 Å². The molecule has 2 aromatic rings. The van der Waals surface area contributed by atoms with Crippen molar-refractivity contribution < 1.29 is 4.92 Å². The summed E-state index contributed by atoms with van der Waals surface area (Å²) in [5.41, 5.74) is 0.776. The molecule has 134 valence electrons. The van der Waals surface area contributed by atoms with Crippen molar-refractivity contribution in [2.45, 2.75) is 58.4 Å². The normalized spacial score (nSPS) is 15.6. The van der Waals surface area contributed by atoms with E-state index in [1.165, 1.54) is 30.5 Å². The SMILES string of the molecule is Cc1nc(Nc2ncnc(NC3CCCCCC3)c2[N+](=O)[O-])sc1C. The maximum absolute atomic E-state index is 11.6. The number of aryl methyl sites for hydroxylation is 2. The van der Waals surface area contributed by atoms with E-state index in [0.29, 0.717) is 5.13 Å². The molecule has 1 saturated carbocycles. The lowest BCUT2D eigenvalue weighted by molar-refractivity contribution is -0.383. The molecule has 0 aliphatic heterocycles. The van der Waals surface area contributed by atoms with E-state index in [-0.39, 0.29) is 23.4 Å². The van der Waals surface area contributed by atoms with Crippen LogP contribution >= 0.6 is 11.3 Å². The molecule has 0 aromatic carbocycles. The maximum Gasteiger partial charge on any atom is 0.353 e. The highest BCUT2D eigenvalue weighted by Crippen LogP contribution is 2.34. The Hall–Kier alpha value is -2.29. The van der Waals surface area contributed by atoms with Crippen molar-refractivity contribution in [2.75, 3.05) is 10.6 Å². The van der Waals surface area contributed by atoms with Crippen molar-refractivity contribution in [1.82, 2.24) is 15.0 Å². The third kappa shape index (κ3) is 4.22. The van der Waals surface area contributed by atoms with E-state index in [2.05, 4.69) is 25.6 Å². The van der Waals surface area contributed by atoms with E-state index in [1.54, 1.807) is 0 Å². The lowest BCUT2D eigenvalue weighted by atomic mass is 10.1. The molecule has 1 fully saturated rings. The van der Waals surface area contributed by atoms with Crippen LogP contribution in [-0.2, 0) is 0 Å². The van der Waals surface area contributed by atoms with Crippen LogP contribution < -0.4 is 10.6 Å². The summed E-state index contributed by atoms with van der Waals surface area (Å²) in [5.74, 6) is 0.448. The number of thiazole rings is 1. The molecule has 9 heteroatoms. The minimum Gasteiger partial charge on any atom is -0.361 e. The van der Waals surface area contributed by atoms with Gasteiger partial charge in [-0.05, 0) is 26.7 Å². The number of rotatable bonds is 5. The molecule has 2 N–H and O–H groups in total. The molecule has 2 heterocycles. The average molecular weight is 362 g/mol. The molecule has 0 amide bonds. The largest absolute Gasteiger partial charge is 0.361 e. The number of aromatic nitrogens is 3. The number of nitrogens with zero attached hydrogens (tertiary/aromatic N) is 4. The molecular formula is C16H22N6O2S. The van der Waals surface area contributed by atoms with Crippen molar-refractivity contribution >= 4 is 33.8 Å². The van der Waals surface area contributed by atoms with Crippen molar-refractivity contribution in [3.8, 4) is 0 Å². The van der Waals surface area contributed by atoms with Gasteiger partial charge in [0.1, 0.15) is 6.33 Å². The first-order valence-corrected chi connectivity index (χ1v) is 9.33. The summed E-state index contributed by atoms with van der Waals surface area (Å²) < 4.78 is 0. The van der Waals surface area contributed by atoms with Crippen LogP contribution in [0.5, 0.6) is 0 Å². The molecule has 0 unspecified atom stereocenters. The van der Waals surface area contributed by atoms with Gasteiger partial charge in [0.05, 0.1) is 10.6 Å². The van der Waals surface area contributed by atoms with Crippen molar-refractivity contribution in [2.24, 2.45) is 0 Å². The molecule has 25 heavy (non-hydrogen) atoms. The standard InChI is InChI=1S/C16H22N6O2S/c1-10-11(2)25-16(19-10)21-15-13(22(23)24)14(17-9-18-15)20-12-7-5-3-4-6-8-12/h9,12H,3-8H2,1-2H3,(H2,17,18,19,20,21). The summed E-state index contributed by atoms with van der Waals surface area (Å²) in [6, 6.07) is 0.216. The van der Waals surface area contributed by atoms with Crippen LogP contribution in [0.3, 0.4) is 0 Å². The predicted molar refractivity (Wildman–Crippen MR) is 98.7 cm³/mol. The van der Waals surface area contributed by atoms with Crippen molar-refractivity contribution in [1.29, 1.82) is 0 Å². The van der Waals surface area contributed by atoms with Gasteiger partial charge in [-0.1, -0.05) is 25.7 Å². The Kier molecular flexibility index (Phi) is 5.42. The first kappa shape index (κ1) is 17.5. The molecule has 3 rings (SSSR count). The van der Waals surface area contributed by atoms with E-state index >= 15 is 0 Å². The zero-order valence-electron chi connectivity index (χ0n) is 14.4. The van der Waals surface area contributed by atoms with E-state index in [4.69, 9.17) is 0 Å². The monoisotopic (exact) mass is 362 g/mol. The molecule has 0 spiro atoms. The van der Waals surface area contributed by atoms with Gasteiger partial charge < -0.3 is 10.6 Å². The number of nitro groups is 1. The molecule has 1 aliphatic carbocycles. The van der Waals surface area contributed by atoms with Gasteiger partial charge in [0.25, 0.3) is 0 Å². The molecule has 8 nitrogen and oxygen atoms in total. The Morgan fingerprint density at radius 3 is 2.44 bits per heavy atom. The third-order valence-electron chi connectivity index (χ3n) is 4.45. The van der Waals surface area contributed by atoms with Crippen LogP contribution in [0, 0.1) is 24.0 Å². The highest BCUT2D eigenvalue weighted by Gasteiger charge is 2.26. The second kappa shape index (κ2) is 7.73. The minimum absolute atomic E-state index is 0.128. The van der Waals surface area contributed by atoms with Crippen LogP contribution in [-0.4, -0.2) is 25.9 Å². The van der Waals surface area contributed by atoms with E-state index in [9.17, 15) is 10.1 Å². The Bertz CT molecular complexity index is 736. The van der Waals surface area contributed by atoms with E-state index in [0.717, 1.165) is 36.3 Å².